The maximum atomic E-state index is 13.0. The first kappa shape index (κ1) is 16.2. The van der Waals surface area contributed by atoms with Crippen LogP contribution in [0.1, 0.15) is 17.5 Å². The second-order valence-electron chi connectivity index (χ2n) is 6.03. The van der Waals surface area contributed by atoms with Gasteiger partial charge in [0.2, 0.25) is 5.91 Å². The van der Waals surface area contributed by atoms with Gasteiger partial charge in [-0.3, -0.25) is 4.79 Å². The maximum absolute atomic E-state index is 13.0. The summed E-state index contributed by atoms with van der Waals surface area (Å²) in [7, 11) is 0. The molecule has 3 rings (SSSR count). The topological polar surface area (TPSA) is 55.1 Å². The third kappa shape index (κ3) is 3.17. The van der Waals surface area contributed by atoms with E-state index in [0.717, 1.165) is 16.7 Å². The molecule has 0 heterocycles. The number of hydrogen-bond donors (Lipinski definition) is 2. The van der Waals surface area contributed by atoms with Gasteiger partial charge in [-0.1, -0.05) is 78.9 Å². The van der Waals surface area contributed by atoms with E-state index in [1.54, 1.807) is 0 Å². The SMILES string of the molecule is NCC1(C(=O)NCc2ccccc2)CC=CC=C1c1ccccc1. The number of benzene rings is 2. The summed E-state index contributed by atoms with van der Waals surface area (Å²) in [5.41, 5.74) is 8.49. The molecule has 1 amide bonds. The molecule has 3 nitrogen and oxygen atoms in total. The highest BCUT2D eigenvalue weighted by molar-refractivity contribution is 5.98. The van der Waals surface area contributed by atoms with Crippen LogP contribution in [0.5, 0.6) is 0 Å². The van der Waals surface area contributed by atoms with Crippen molar-refractivity contribution in [2.45, 2.75) is 13.0 Å². The molecule has 0 saturated heterocycles. The van der Waals surface area contributed by atoms with Crippen molar-refractivity contribution in [1.82, 2.24) is 5.32 Å². The Bertz CT molecular complexity index is 750. The molecule has 2 aromatic rings. The molecule has 0 aromatic heterocycles. The van der Waals surface area contributed by atoms with Crippen LogP contribution < -0.4 is 11.1 Å². The largest absolute Gasteiger partial charge is 0.351 e. The first-order chi connectivity index (χ1) is 11.8. The van der Waals surface area contributed by atoms with Crippen LogP contribution in [-0.4, -0.2) is 12.5 Å². The summed E-state index contributed by atoms with van der Waals surface area (Å²) in [5.74, 6) is -0.0201. The van der Waals surface area contributed by atoms with E-state index in [-0.39, 0.29) is 12.5 Å². The van der Waals surface area contributed by atoms with Gasteiger partial charge in [0.1, 0.15) is 0 Å². The number of amides is 1. The lowest BCUT2D eigenvalue weighted by Crippen LogP contribution is -2.46. The minimum atomic E-state index is -0.717. The first-order valence-electron chi connectivity index (χ1n) is 8.21. The average molecular weight is 318 g/mol. The third-order valence-electron chi connectivity index (χ3n) is 4.54. The van der Waals surface area contributed by atoms with Crippen LogP contribution in [0.3, 0.4) is 0 Å². The number of nitrogens with one attached hydrogen (secondary N) is 1. The second kappa shape index (κ2) is 7.28. The number of hydrogen-bond acceptors (Lipinski definition) is 2. The molecule has 1 atom stereocenters. The number of nitrogens with two attached hydrogens (primary N) is 1. The molecule has 0 spiro atoms. The number of rotatable bonds is 5. The fourth-order valence-electron chi connectivity index (χ4n) is 3.14. The summed E-state index contributed by atoms with van der Waals surface area (Å²) in [5, 5.41) is 3.07. The van der Waals surface area contributed by atoms with Gasteiger partial charge in [0.25, 0.3) is 0 Å². The van der Waals surface area contributed by atoms with Gasteiger partial charge in [0, 0.05) is 13.1 Å². The standard InChI is InChI=1S/C21H22N2O/c22-16-21(20(24)23-15-17-9-3-1-4-10-17)14-8-7-13-19(21)18-11-5-2-6-12-18/h1-13H,14-16,22H2,(H,23,24). The second-order valence-corrected chi connectivity index (χ2v) is 6.03. The Labute approximate surface area is 142 Å². The Morgan fingerprint density at radius 3 is 2.38 bits per heavy atom. The highest BCUT2D eigenvalue weighted by atomic mass is 16.2. The first-order valence-corrected chi connectivity index (χ1v) is 8.21. The Hall–Kier alpha value is -2.65. The van der Waals surface area contributed by atoms with Gasteiger partial charge in [0.05, 0.1) is 5.41 Å². The summed E-state index contributed by atoms with van der Waals surface area (Å²) < 4.78 is 0. The van der Waals surface area contributed by atoms with Crippen LogP contribution in [0.4, 0.5) is 0 Å². The fourth-order valence-corrected chi connectivity index (χ4v) is 3.14. The van der Waals surface area contributed by atoms with Gasteiger partial charge in [-0.05, 0) is 23.1 Å². The molecule has 0 bridgehead atoms. The minimum Gasteiger partial charge on any atom is -0.351 e. The highest BCUT2D eigenvalue weighted by Gasteiger charge is 2.41. The van der Waals surface area contributed by atoms with Crippen LogP contribution in [0.25, 0.3) is 5.57 Å². The Morgan fingerprint density at radius 2 is 1.71 bits per heavy atom. The molecule has 0 radical (unpaired) electrons. The molecule has 2 aromatic carbocycles. The van der Waals surface area contributed by atoms with Gasteiger partial charge >= 0.3 is 0 Å². The van der Waals surface area contributed by atoms with Crippen molar-refractivity contribution in [3.63, 3.8) is 0 Å². The predicted molar refractivity (Wildman–Crippen MR) is 98.0 cm³/mol. The van der Waals surface area contributed by atoms with Gasteiger partial charge in [-0.2, -0.15) is 0 Å². The van der Waals surface area contributed by atoms with Crippen LogP contribution in [-0.2, 0) is 11.3 Å². The van der Waals surface area contributed by atoms with E-state index < -0.39 is 5.41 Å². The number of allylic oxidation sites excluding steroid dienone is 3. The van der Waals surface area contributed by atoms with Crippen molar-refractivity contribution in [2.24, 2.45) is 11.1 Å². The summed E-state index contributed by atoms with van der Waals surface area (Å²) in [6.45, 7) is 0.784. The lowest BCUT2D eigenvalue weighted by atomic mass is 9.71. The van der Waals surface area contributed by atoms with E-state index in [1.807, 2.05) is 78.9 Å². The molecule has 0 saturated carbocycles. The molecule has 3 heteroatoms. The lowest BCUT2D eigenvalue weighted by molar-refractivity contribution is -0.127. The van der Waals surface area contributed by atoms with Crippen molar-refractivity contribution in [2.75, 3.05) is 6.54 Å². The van der Waals surface area contributed by atoms with E-state index in [1.165, 1.54) is 0 Å². The zero-order valence-corrected chi connectivity index (χ0v) is 13.6. The van der Waals surface area contributed by atoms with E-state index in [4.69, 9.17) is 5.73 Å². The Kier molecular flexibility index (Phi) is 4.92. The quantitative estimate of drug-likeness (QED) is 0.889. The molecular formula is C21H22N2O. The van der Waals surface area contributed by atoms with Crippen LogP contribution in [0.2, 0.25) is 0 Å². The van der Waals surface area contributed by atoms with Crippen molar-refractivity contribution < 1.29 is 4.79 Å². The van der Waals surface area contributed by atoms with Crippen molar-refractivity contribution in [1.29, 1.82) is 0 Å². The Balaban J connectivity index is 1.85. The molecule has 3 N–H and O–H groups in total. The van der Waals surface area contributed by atoms with Crippen LogP contribution in [0.15, 0.2) is 78.9 Å². The van der Waals surface area contributed by atoms with Gasteiger partial charge in [-0.25, -0.2) is 0 Å². The maximum Gasteiger partial charge on any atom is 0.232 e. The normalized spacial score (nSPS) is 19.6. The molecule has 24 heavy (non-hydrogen) atoms. The molecule has 0 fully saturated rings. The van der Waals surface area contributed by atoms with Crippen LogP contribution in [0, 0.1) is 5.41 Å². The summed E-state index contributed by atoms with van der Waals surface area (Å²) >= 11 is 0. The molecule has 1 aliphatic carbocycles. The fraction of sp³-hybridized carbons (Fsp3) is 0.190. The predicted octanol–water partition coefficient (Wildman–Crippen LogP) is 3.29. The van der Waals surface area contributed by atoms with Gasteiger partial charge in [0.15, 0.2) is 0 Å². The smallest absolute Gasteiger partial charge is 0.232 e. The molecule has 122 valence electrons. The molecule has 1 unspecified atom stereocenters. The molecule has 0 aliphatic heterocycles. The summed E-state index contributed by atoms with van der Waals surface area (Å²) in [6, 6.07) is 19.9. The van der Waals surface area contributed by atoms with Gasteiger partial charge < -0.3 is 11.1 Å². The number of carbonyl (C=O) groups excluding carboxylic acids is 1. The van der Waals surface area contributed by atoms with E-state index in [9.17, 15) is 4.79 Å². The third-order valence-corrected chi connectivity index (χ3v) is 4.54. The molecule has 1 aliphatic rings. The van der Waals surface area contributed by atoms with E-state index in [0.29, 0.717) is 13.0 Å². The number of carbonyl (C=O) groups is 1. The average Bonchev–Trinajstić information content (AvgIpc) is 2.67. The monoisotopic (exact) mass is 318 g/mol. The van der Waals surface area contributed by atoms with Crippen molar-refractivity contribution >= 4 is 11.5 Å². The highest BCUT2D eigenvalue weighted by Crippen LogP contribution is 2.40. The zero-order chi connectivity index (χ0) is 16.8. The van der Waals surface area contributed by atoms with E-state index >= 15 is 0 Å². The molecular weight excluding hydrogens is 296 g/mol. The zero-order valence-electron chi connectivity index (χ0n) is 13.6. The Morgan fingerprint density at radius 1 is 1.04 bits per heavy atom. The summed E-state index contributed by atoms with van der Waals surface area (Å²) in [4.78, 5) is 13.0. The lowest BCUT2D eigenvalue weighted by Gasteiger charge is -2.35. The van der Waals surface area contributed by atoms with E-state index in [2.05, 4.69) is 5.32 Å². The summed E-state index contributed by atoms with van der Waals surface area (Å²) in [6.07, 6.45) is 6.64. The van der Waals surface area contributed by atoms with Crippen molar-refractivity contribution in [3.8, 4) is 0 Å². The van der Waals surface area contributed by atoms with Crippen LogP contribution >= 0.6 is 0 Å². The minimum absolute atomic E-state index is 0.0201. The van der Waals surface area contributed by atoms with Crippen molar-refractivity contribution in [3.05, 3.63) is 90.0 Å². The van der Waals surface area contributed by atoms with Gasteiger partial charge in [-0.15, -0.1) is 0 Å².